The van der Waals surface area contributed by atoms with E-state index in [9.17, 15) is 13.2 Å². The number of oxime groups is 1. The molecule has 6 heteroatoms. The highest BCUT2D eigenvalue weighted by molar-refractivity contribution is 7.86. The van der Waals surface area contributed by atoms with Crippen LogP contribution in [0.2, 0.25) is 0 Å². The topological polar surface area (TPSA) is 72.8 Å². The normalized spacial score (nSPS) is 14.6. The number of carbonyl (C=O) groups is 1. The van der Waals surface area contributed by atoms with Crippen LogP contribution in [0.1, 0.15) is 25.3 Å². The highest BCUT2D eigenvalue weighted by Crippen LogP contribution is 2.19. The molecule has 0 saturated heterocycles. The largest absolute Gasteiger partial charge is 0.358 e. The van der Waals surface area contributed by atoms with Gasteiger partial charge in [0.1, 0.15) is 10.6 Å². The maximum atomic E-state index is 12.0. The minimum atomic E-state index is -3.96. The molecule has 0 aliphatic heterocycles. The van der Waals surface area contributed by atoms with Gasteiger partial charge in [0, 0.05) is 0 Å². The summed E-state index contributed by atoms with van der Waals surface area (Å²) in [4.78, 5) is 11.0. The monoisotopic (exact) mass is 305 g/mol. The van der Waals surface area contributed by atoms with Crippen molar-refractivity contribution in [1.82, 2.24) is 0 Å². The Kier molecular flexibility index (Phi) is 4.37. The van der Waals surface area contributed by atoms with E-state index in [2.05, 4.69) is 9.44 Å². The van der Waals surface area contributed by atoms with Crippen molar-refractivity contribution in [1.29, 1.82) is 0 Å². The van der Waals surface area contributed by atoms with Gasteiger partial charge in [-0.2, -0.15) is 8.42 Å². The first kappa shape index (κ1) is 15.2. The Morgan fingerprint density at radius 1 is 1.00 bits per heavy atom. The van der Waals surface area contributed by atoms with Crippen LogP contribution in [-0.4, -0.2) is 19.9 Å². The maximum absolute atomic E-state index is 12.0. The molecule has 2 rings (SSSR count). The Hall–Kier alpha value is -2.21. The predicted octanol–water partition coefficient (Wildman–Crippen LogP) is 2.57. The number of benzene rings is 1. The molecule has 0 atom stereocenters. The molecule has 0 saturated carbocycles. The molecule has 0 unspecified atom stereocenters. The molecule has 0 spiro atoms. The van der Waals surface area contributed by atoms with E-state index >= 15 is 0 Å². The average molecular weight is 305 g/mol. The van der Waals surface area contributed by atoms with Crippen LogP contribution >= 0.6 is 0 Å². The Balaban J connectivity index is 2.15. The van der Waals surface area contributed by atoms with E-state index in [1.807, 2.05) is 13.8 Å². The fourth-order valence-electron chi connectivity index (χ4n) is 1.66. The molecule has 0 fully saturated rings. The summed E-state index contributed by atoms with van der Waals surface area (Å²) >= 11 is 0. The maximum Gasteiger partial charge on any atom is 0.358 e. The molecule has 0 aromatic heterocycles. The van der Waals surface area contributed by atoms with Crippen molar-refractivity contribution in [2.45, 2.75) is 24.7 Å². The lowest BCUT2D eigenvalue weighted by molar-refractivity contribution is -0.110. The van der Waals surface area contributed by atoms with Gasteiger partial charge in [-0.25, -0.2) is 0 Å². The summed E-state index contributed by atoms with van der Waals surface area (Å²) in [6.45, 7) is 4.05. The van der Waals surface area contributed by atoms with E-state index in [-0.39, 0.29) is 16.4 Å². The van der Waals surface area contributed by atoms with Crippen molar-refractivity contribution in [3.8, 4) is 0 Å². The fourth-order valence-corrected chi connectivity index (χ4v) is 2.40. The second-order valence-corrected chi connectivity index (χ2v) is 6.37. The Morgan fingerprint density at radius 2 is 1.57 bits per heavy atom. The van der Waals surface area contributed by atoms with Crippen LogP contribution in [0.4, 0.5) is 0 Å². The second-order valence-electron chi connectivity index (χ2n) is 4.84. The standard InChI is InChI=1S/C15H15NO4S/c1-11(2)12-3-9-15(10-4-12)21(18,19)20-16-13-5-7-14(17)8-6-13/h3-11H,1-2H3. The predicted molar refractivity (Wildman–Crippen MR) is 79.5 cm³/mol. The van der Waals surface area contributed by atoms with Gasteiger partial charge in [-0.05, 0) is 47.9 Å². The van der Waals surface area contributed by atoms with Gasteiger partial charge in [-0.15, -0.1) is 0 Å². The van der Waals surface area contributed by atoms with Crippen molar-refractivity contribution in [2.75, 3.05) is 0 Å². The lowest BCUT2D eigenvalue weighted by atomic mass is 10.0. The van der Waals surface area contributed by atoms with Crippen LogP contribution in [0.5, 0.6) is 0 Å². The first-order valence-corrected chi connectivity index (χ1v) is 7.81. The van der Waals surface area contributed by atoms with Crippen LogP contribution in [0.25, 0.3) is 0 Å². The van der Waals surface area contributed by atoms with E-state index in [1.165, 1.54) is 36.4 Å². The first-order valence-electron chi connectivity index (χ1n) is 6.40. The van der Waals surface area contributed by atoms with E-state index in [0.717, 1.165) is 5.56 Å². The number of rotatable bonds is 4. The summed E-state index contributed by atoms with van der Waals surface area (Å²) in [6, 6.07) is 6.46. The van der Waals surface area contributed by atoms with E-state index in [0.29, 0.717) is 5.92 Å². The number of hydrogen-bond acceptors (Lipinski definition) is 5. The molecule has 1 aliphatic carbocycles. The molecule has 21 heavy (non-hydrogen) atoms. The van der Waals surface area contributed by atoms with Crippen molar-refractivity contribution < 1.29 is 17.5 Å². The SMILES string of the molecule is CC(C)c1ccc(S(=O)(=O)ON=C2C=CC(=O)C=C2)cc1. The first-order chi connectivity index (χ1) is 9.88. The smallest absolute Gasteiger partial charge is 0.290 e. The van der Waals surface area contributed by atoms with Gasteiger partial charge >= 0.3 is 10.1 Å². The number of ketones is 1. The average Bonchev–Trinajstić information content (AvgIpc) is 2.47. The molecule has 1 aromatic carbocycles. The summed E-state index contributed by atoms with van der Waals surface area (Å²) in [6.07, 6.45) is 5.35. The van der Waals surface area contributed by atoms with Crippen LogP contribution < -0.4 is 0 Å². The third-order valence-corrected chi connectivity index (χ3v) is 4.03. The summed E-state index contributed by atoms with van der Waals surface area (Å²) in [7, 11) is -3.96. The summed E-state index contributed by atoms with van der Waals surface area (Å²) in [5, 5.41) is 3.53. The lowest BCUT2D eigenvalue weighted by Gasteiger charge is -2.06. The molecule has 0 N–H and O–H groups in total. The van der Waals surface area contributed by atoms with E-state index < -0.39 is 10.1 Å². The van der Waals surface area contributed by atoms with Gasteiger partial charge in [0.05, 0.1) is 0 Å². The zero-order valence-electron chi connectivity index (χ0n) is 11.7. The molecular weight excluding hydrogens is 290 g/mol. The van der Waals surface area contributed by atoms with Gasteiger partial charge in [-0.1, -0.05) is 31.1 Å². The molecule has 0 amide bonds. The van der Waals surface area contributed by atoms with Crippen molar-refractivity contribution in [3.05, 3.63) is 54.1 Å². The molecule has 0 radical (unpaired) electrons. The van der Waals surface area contributed by atoms with Crippen LogP contribution in [0.15, 0.2) is 58.6 Å². The van der Waals surface area contributed by atoms with Gasteiger partial charge in [0.15, 0.2) is 5.78 Å². The zero-order chi connectivity index (χ0) is 15.5. The van der Waals surface area contributed by atoms with Gasteiger partial charge in [-0.3, -0.25) is 9.08 Å². The van der Waals surface area contributed by atoms with Crippen molar-refractivity contribution in [2.24, 2.45) is 5.16 Å². The van der Waals surface area contributed by atoms with Gasteiger partial charge in [0.2, 0.25) is 0 Å². The van der Waals surface area contributed by atoms with Crippen molar-refractivity contribution in [3.63, 3.8) is 0 Å². The molecule has 0 heterocycles. The van der Waals surface area contributed by atoms with E-state index in [1.54, 1.807) is 12.1 Å². The summed E-state index contributed by atoms with van der Waals surface area (Å²) in [5.41, 5.74) is 1.30. The minimum absolute atomic E-state index is 0.0381. The Morgan fingerprint density at radius 3 is 2.10 bits per heavy atom. The Bertz CT molecular complexity index is 707. The molecule has 5 nitrogen and oxygen atoms in total. The summed E-state index contributed by atoms with van der Waals surface area (Å²) in [5.74, 6) is 0.138. The second kappa shape index (κ2) is 6.05. The quantitative estimate of drug-likeness (QED) is 0.633. The zero-order valence-corrected chi connectivity index (χ0v) is 12.5. The third kappa shape index (κ3) is 3.88. The summed E-state index contributed by atoms with van der Waals surface area (Å²) < 4.78 is 28.6. The number of hydrogen-bond donors (Lipinski definition) is 0. The highest BCUT2D eigenvalue weighted by Gasteiger charge is 2.16. The minimum Gasteiger partial charge on any atom is -0.290 e. The molecule has 1 aliphatic rings. The lowest BCUT2D eigenvalue weighted by Crippen LogP contribution is -2.06. The molecule has 1 aromatic rings. The molecule has 110 valence electrons. The Labute approximate surface area is 123 Å². The van der Waals surface area contributed by atoms with E-state index in [4.69, 9.17) is 0 Å². The van der Waals surface area contributed by atoms with Gasteiger partial charge < -0.3 is 0 Å². The molecular formula is C15H15NO4S. The third-order valence-electron chi connectivity index (χ3n) is 2.91. The van der Waals surface area contributed by atoms with Gasteiger partial charge in [0.25, 0.3) is 0 Å². The number of nitrogens with zero attached hydrogens (tertiary/aromatic N) is 1. The van der Waals surface area contributed by atoms with Crippen LogP contribution in [-0.2, 0) is 19.2 Å². The highest BCUT2D eigenvalue weighted by atomic mass is 32.2. The van der Waals surface area contributed by atoms with Crippen LogP contribution in [0.3, 0.4) is 0 Å². The number of allylic oxidation sites excluding steroid dienone is 4. The van der Waals surface area contributed by atoms with Crippen molar-refractivity contribution >= 4 is 21.6 Å². The fraction of sp³-hybridized carbons (Fsp3) is 0.200. The molecule has 0 bridgehead atoms. The van der Waals surface area contributed by atoms with Crippen LogP contribution in [0, 0.1) is 0 Å². The number of carbonyl (C=O) groups excluding carboxylic acids is 1.